The van der Waals surface area contributed by atoms with Crippen LogP contribution in [-0.4, -0.2) is 66.4 Å². The summed E-state index contributed by atoms with van der Waals surface area (Å²) in [4.78, 5) is 22.6. The Morgan fingerprint density at radius 3 is 2.86 bits per heavy atom. The highest BCUT2D eigenvalue weighted by Gasteiger charge is 2.30. The average Bonchev–Trinajstić information content (AvgIpc) is 2.81. The maximum atomic E-state index is 12.6. The number of ether oxygens (including phenoxy) is 3. The van der Waals surface area contributed by atoms with Crippen LogP contribution >= 0.6 is 0 Å². The van der Waals surface area contributed by atoms with E-state index >= 15 is 0 Å². The predicted octanol–water partition coefficient (Wildman–Crippen LogP) is 0.509. The molecule has 2 saturated heterocycles. The number of nitrogens with zero attached hydrogens (tertiary/aromatic N) is 3. The average molecular weight is 307 g/mol. The minimum absolute atomic E-state index is 0.0593. The van der Waals surface area contributed by atoms with Crippen LogP contribution in [0.25, 0.3) is 0 Å². The summed E-state index contributed by atoms with van der Waals surface area (Å²) in [7, 11) is 0. The zero-order valence-corrected chi connectivity index (χ0v) is 12.5. The van der Waals surface area contributed by atoms with Crippen molar-refractivity contribution in [1.82, 2.24) is 14.9 Å². The molecule has 0 N–H and O–H groups in total. The molecule has 0 saturated carbocycles. The zero-order valence-electron chi connectivity index (χ0n) is 12.5. The van der Waals surface area contributed by atoms with Crippen molar-refractivity contribution in [3.63, 3.8) is 0 Å². The smallest absolute Gasteiger partial charge is 0.232 e. The van der Waals surface area contributed by atoms with Gasteiger partial charge in [-0.05, 0) is 12.8 Å². The minimum Gasteiger partial charge on any atom is -0.469 e. The quantitative estimate of drug-likeness (QED) is 0.810. The minimum atomic E-state index is -0.219. The number of carbonyl (C=O) groups excluding carboxylic acids is 1. The molecule has 7 heteroatoms. The lowest BCUT2D eigenvalue weighted by atomic mass is 9.98. The van der Waals surface area contributed by atoms with Gasteiger partial charge in [0.25, 0.3) is 0 Å². The van der Waals surface area contributed by atoms with Crippen LogP contribution in [0.1, 0.15) is 12.8 Å². The monoisotopic (exact) mass is 307 g/mol. The molecule has 0 unspecified atom stereocenters. The Morgan fingerprint density at radius 2 is 2.09 bits per heavy atom. The summed E-state index contributed by atoms with van der Waals surface area (Å²) >= 11 is 0. The second-order valence-electron chi connectivity index (χ2n) is 5.53. The molecule has 7 nitrogen and oxygen atoms in total. The molecule has 0 radical (unpaired) electrons. The lowest BCUT2D eigenvalue weighted by Gasteiger charge is -2.29. The van der Waals surface area contributed by atoms with Crippen LogP contribution in [0, 0.1) is 5.92 Å². The third-order valence-electron chi connectivity index (χ3n) is 3.94. The molecule has 2 aliphatic rings. The number of amides is 1. The highest BCUT2D eigenvalue weighted by molar-refractivity contribution is 5.79. The first-order chi connectivity index (χ1) is 10.8. The summed E-state index contributed by atoms with van der Waals surface area (Å²) in [5.74, 6) is 0.696. The van der Waals surface area contributed by atoms with E-state index in [2.05, 4.69) is 9.97 Å². The first-order valence-corrected chi connectivity index (χ1v) is 7.70. The number of hydrogen-bond acceptors (Lipinski definition) is 6. The van der Waals surface area contributed by atoms with Gasteiger partial charge in [-0.15, -0.1) is 0 Å². The Balaban J connectivity index is 1.60. The van der Waals surface area contributed by atoms with E-state index in [-0.39, 0.29) is 17.9 Å². The van der Waals surface area contributed by atoms with Crippen molar-refractivity contribution in [3.8, 4) is 5.88 Å². The van der Waals surface area contributed by atoms with Gasteiger partial charge in [-0.25, -0.2) is 4.98 Å². The van der Waals surface area contributed by atoms with Crippen molar-refractivity contribution in [3.05, 3.63) is 18.6 Å². The van der Waals surface area contributed by atoms with E-state index < -0.39 is 0 Å². The molecule has 120 valence electrons. The third-order valence-corrected chi connectivity index (χ3v) is 3.94. The summed E-state index contributed by atoms with van der Waals surface area (Å²) < 4.78 is 16.7. The molecule has 1 aromatic heterocycles. The molecular formula is C15H21N3O4. The lowest BCUT2D eigenvalue weighted by Crippen LogP contribution is -2.44. The molecule has 1 atom stereocenters. The second kappa shape index (κ2) is 7.51. The summed E-state index contributed by atoms with van der Waals surface area (Å²) in [5.41, 5.74) is 0. The molecule has 0 aliphatic carbocycles. The van der Waals surface area contributed by atoms with Crippen LogP contribution in [0.4, 0.5) is 0 Å². The van der Waals surface area contributed by atoms with E-state index in [9.17, 15) is 4.79 Å². The summed E-state index contributed by atoms with van der Waals surface area (Å²) in [6.07, 6.45) is 6.12. The molecule has 0 aromatic carbocycles. The normalized spacial score (nSPS) is 23.8. The van der Waals surface area contributed by atoms with Crippen molar-refractivity contribution in [1.29, 1.82) is 0 Å². The van der Waals surface area contributed by atoms with E-state index in [1.165, 1.54) is 0 Å². The zero-order chi connectivity index (χ0) is 15.2. The van der Waals surface area contributed by atoms with Crippen LogP contribution in [-0.2, 0) is 14.3 Å². The Hall–Kier alpha value is -1.73. The van der Waals surface area contributed by atoms with Gasteiger partial charge >= 0.3 is 0 Å². The van der Waals surface area contributed by atoms with Crippen LogP contribution in [0.2, 0.25) is 0 Å². The third kappa shape index (κ3) is 3.92. The largest absolute Gasteiger partial charge is 0.469 e. The second-order valence-corrected chi connectivity index (χ2v) is 5.53. The van der Waals surface area contributed by atoms with Crippen molar-refractivity contribution < 1.29 is 19.0 Å². The molecular weight excluding hydrogens is 286 g/mol. The molecule has 3 heterocycles. The number of rotatable bonds is 3. The van der Waals surface area contributed by atoms with Gasteiger partial charge in [-0.2, -0.15) is 0 Å². The van der Waals surface area contributed by atoms with Gasteiger partial charge in [0.2, 0.25) is 11.8 Å². The van der Waals surface area contributed by atoms with Gasteiger partial charge < -0.3 is 19.1 Å². The van der Waals surface area contributed by atoms with Gasteiger partial charge in [0.15, 0.2) is 0 Å². The SMILES string of the molecule is O=C(C1CCOCC1)N1CCOC[C@H](Oc2cnccn2)C1. The predicted molar refractivity (Wildman–Crippen MR) is 77.4 cm³/mol. The fourth-order valence-electron chi connectivity index (χ4n) is 2.77. The van der Waals surface area contributed by atoms with E-state index in [0.29, 0.717) is 45.4 Å². The molecule has 1 amide bonds. The molecule has 0 bridgehead atoms. The number of aromatic nitrogens is 2. The molecule has 22 heavy (non-hydrogen) atoms. The van der Waals surface area contributed by atoms with Crippen molar-refractivity contribution in [2.45, 2.75) is 18.9 Å². The van der Waals surface area contributed by atoms with Crippen LogP contribution in [0.5, 0.6) is 5.88 Å². The maximum absolute atomic E-state index is 12.6. The van der Waals surface area contributed by atoms with Gasteiger partial charge in [0, 0.05) is 38.1 Å². The van der Waals surface area contributed by atoms with Gasteiger partial charge in [-0.3, -0.25) is 9.78 Å². The highest BCUT2D eigenvalue weighted by Crippen LogP contribution is 2.19. The van der Waals surface area contributed by atoms with Gasteiger partial charge in [0.05, 0.1) is 26.0 Å². The Morgan fingerprint density at radius 1 is 1.23 bits per heavy atom. The summed E-state index contributed by atoms with van der Waals surface area (Å²) in [5, 5.41) is 0. The van der Waals surface area contributed by atoms with Gasteiger partial charge in [-0.1, -0.05) is 0 Å². The molecule has 2 aliphatic heterocycles. The van der Waals surface area contributed by atoms with Crippen LogP contribution in [0.15, 0.2) is 18.6 Å². The molecule has 3 rings (SSSR count). The Bertz CT molecular complexity index is 479. The van der Waals surface area contributed by atoms with E-state index in [1.54, 1.807) is 18.6 Å². The van der Waals surface area contributed by atoms with E-state index in [4.69, 9.17) is 14.2 Å². The lowest BCUT2D eigenvalue weighted by molar-refractivity contribution is -0.139. The standard InChI is InChI=1S/C15H21N3O4/c19-15(12-1-6-20-7-2-12)18-5-8-21-11-13(10-18)22-14-9-16-3-4-17-14/h3-4,9,12-13H,1-2,5-8,10-11H2/t13-/m1/s1. The molecule has 2 fully saturated rings. The van der Waals surface area contributed by atoms with Crippen molar-refractivity contribution in [2.24, 2.45) is 5.92 Å². The molecule has 1 aromatic rings. The first-order valence-electron chi connectivity index (χ1n) is 7.70. The summed E-state index contributed by atoms with van der Waals surface area (Å²) in [6, 6.07) is 0. The van der Waals surface area contributed by atoms with Crippen LogP contribution in [0.3, 0.4) is 0 Å². The topological polar surface area (TPSA) is 73.8 Å². The first kappa shape index (κ1) is 15.2. The maximum Gasteiger partial charge on any atom is 0.232 e. The Kier molecular flexibility index (Phi) is 5.18. The van der Waals surface area contributed by atoms with E-state index in [1.807, 2.05) is 4.90 Å². The molecule has 0 spiro atoms. The number of hydrogen-bond donors (Lipinski definition) is 0. The van der Waals surface area contributed by atoms with Crippen molar-refractivity contribution >= 4 is 5.91 Å². The Labute approximate surface area is 129 Å². The van der Waals surface area contributed by atoms with E-state index in [0.717, 1.165) is 12.8 Å². The highest BCUT2D eigenvalue weighted by atomic mass is 16.5. The fraction of sp³-hybridized carbons (Fsp3) is 0.667. The number of carbonyl (C=O) groups is 1. The summed E-state index contributed by atoms with van der Waals surface area (Å²) in [6.45, 7) is 3.45. The fourth-order valence-corrected chi connectivity index (χ4v) is 2.77. The van der Waals surface area contributed by atoms with Gasteiger partial charge in [0.1, 0.15) is 6.10 Å². The van der Waals surface area contributed by atoms with Crippen molar-refractivity contribution in [2.75, 3.05) is 39.5 Å². The van der Waals surface area contributed by atoms with Crippen LogP contribution < -0.4 is 4.74 Å².